The Hall–Kier alpha value is -3.02. The molecule has 12 nitrogen and oxygen atoms in total. The standard InChI is InChI=1S/C17H23N3O9/c1-8-6-20(19-18-8)17-16(28-12(5)24)15(27-11(4)23)14(26-10(3)22)13(29-17)7-25-9(2)21/h6,13-17H,7H2,1-5H3/t13-,14-,15+,16-,17-/m1/s1. The molecular weight excluding hydrogens is 390 g/mol. The van der Waals surface area contributed by atoms with Gasteiger partial charge in [-0.3, -0.25) is 19.2 Å². The van der Waals surface area contributed by atoms with E-state index < -0.39 is 54.5 Å². The van der Waals surface area contributed by atoms with Crippen LogP contribution in [0.1, 0.15) is 39.6 Å². The molecule has 5 atom stereocenters. The molecule has 0 spiro atoms. The van der Waals surface area contributed by atoms with Gasteiger partial charge in [-0.15, -0.1) is 5.10 Å². The van der Waals surface area contributed by atoms with Gasteiger partial charge in [0, 0.05) is 27.7 Å². The number of ether oxygens (including phenoxy) is 5. The maximum absolute atomic E-state index is 11.7. The second-order valence-corrected chi connectivity index (χ2v) is 6.43. The molecule has 2 rings (SSSR count). The number of nitrogens with zero attached hydrogens (tertiary/aromatic N) is 3. The van der Waals surface area contributed by atoms with Crippen molar-refractivity contribution in [3.05, 3.63) is 11.9 Å². The summed E-state index contributed by atoms with van der Waals surface area (Å²) in [6.45, 7) is 6.06. The molecule has 1 aliphatic heterocycles. The molecule has 1 fully saturated rings. The molecular formula is C17H23N3O9. The van der Waals surface area contributed by atoms with Crippen molar-refractivity contribution in [1.82, 2.24) is 15.0 Å². The zero-order valence-corrected chi connectivity index (χ0v) is 16.7. The summed E-state index contributed by atoms with van der Waals surface area (Å²) < 4.78 is 28.2. The van der Waals surface area contributed by atoms with Crippen molar-refractivity contribution < 1.29 is 42.9 Å². The average molecular weight is 413 g/mol. The van der Waals surface area contributed by atoms with Crippen LogP contribution in [-0.2, 0) is 42.9 Å². The van der Waals surface area contributed by atoms with Gasteiger partial charge < -0.3 is 23.7 Å². The summed E-state index contributed by atoms with van der Waals surface area (Å²) in [4.78, 5) is 46.4. The van der Waals surface area contributed by atoms with E-state index in [-0.39, 0.29) is 6.61 Å². The van der Waals surface area contributed by atoms with E-state index in [1.165, 1.54) is 24.7 Å². The average Bonchev–Trinajstić information content (AvgIpc) is 3.01. The molecule has 160 valence electrons. The first-order valence-corrected chi connectivity index (χ1v) is 8.77. The second kappa shape index (κ2) is 9.45. The third-order valence-corrected chi connectivity index (χ3v) is 3.85. The van der Waals surface area contributed by atoms with Crippen molar-refractivity contribution in [2.45, 2.75) is 65.3 Å². The predicted molar refractivity (Wildman–Crippen MR) is 92.0 cm³/mol. The monoisotopic (exact) mass is 413 g/mol. The van der Waals surface area contributed by atoms with Crippen molar-refractivity contribution in [1.29, 1.82) is 0 Å². The highest BCUT2D eigenvalue weighted by atomic mass is 16.7. The lowest BCUT2D eigenvalue weighted by atomic mass is 9.97. The molecule has 0 amide bonds. The molecule has 1 aromatic heterocycles. The number of rotatable bonds is 6. The van der Waals surface area contributed by atoms with Gasteiger partial charge >= 0.3 is 23.9 Å². The number of carbonyl (C=O) groups is 4. The Labute approximate surface area is 166 Å². The molecule has 12 heteroatoms. The largest absolute Gasteiger partial charge is 0.463 e. The minimum Gasteiger partial charge on any atom is -0.463 e. The summed E-state index contributed by atoms with van der Waals surface area (Å²) in [5.41, 5.74) is 0.554. The Kier molecular flexibility index (Phi) is 7.26. The number of carbonyl (C=O) groups excluding carboxylic acids is 4. The highest BCUT2D eigenvalue weighted by Gasteiger charge is 2.53. The van der Waals surface area contributed by atoms with Gasteiger partial charge in [-0.05, 0) is 6.92 Å². The van der Waals surface area contributed by atoms with Gasteiger partial charge in [-0.2, -0.15) is 0 Å². The molecule has 29 heavy (non-hydrogen) atoms. The van der Waals surface area contributed by atoms with Crippen molar-refractivity contribution in [2.24, 2.45) is 0 Å². The molecule has 0 bridgehead atoms. The second-order valence-electron chi connectivity index (χ2n) is 6.43. The van der Waals surface area contributed by atoms with E-state index in [1.54, 1.807) is 6.92 Å². The van der Waals surface area contributed by atoms with Crippen LogP contribution < -0.4 is 0 Å². The zero-order valence-electron chi connectivity index (χ0n) is 16.7. The van der Waals surface area contributed by atoms with Gasteiger partial charge in [-0.25, -0.2) is 4.68 Å². The number of hydrogen-bond acceptors (Lipinski definition) is 11. The van der Waals surface area contributed by atoms with Crippen molar-refractivity contribution in [3.8, 4) is 0 Å². The van der Waals surface area contributed by atoms with E-state index in [2.05, 4.69) is 10.3 Å². The van der Waals surface area contributed by atoms with Gasteiger partial charge in [0.25, 0.3) is 0 Å². The molecule has 1 aliphatic rings. The van der Waals surface area contributed by atoms with Crippen LogP contribution in [0.3, 0.4) is 0 Å². The summed E-state index contributed by atoms with van der Waals surface area (Å²) in [5, 5.41) is 7.79. The first-order valence-electron chi connectivity index (χ1n) is 8.77. The summed E-state index contributed by atoms with van der Waals surface area (Å²) in [6, 6.07) is 0. The minimum atomic E-state index is -1.25. The lowest BCUT2D eigenvalue weighted by Gasteiger charge is -2.44. The molecule has 0 aliphatic carbocycles. The topological polar surface area (TPSA) is 145 Å². The van der Waals surface area contributed by atoms with E-state index in [1.807, 2.05) is 0 Å². The van der Waals surface area contributed by atoms with Crippen LogP contribution in [0.15, 0.2) is 6.20 Å². The highest BCUT2D eigenvalue weighted by molar-refractivity contribution is 5.68. The van der Waals surface area contributed by atoms with E-state index >= 15 is 0 Å². The summed E-state index contributed by atoms with van der Waals surface area (Å²) in [5.74, 6) is -2.67. The number of aromatic nitrogens is 3. The maximum atomic E-state index is 11.7. The van der Waals surface area contributed by atoms with Crippen molar-refractivity contribution in [3.63, 3.8) is 0 Å². The number of aryl methyl sites for hydroxylation is 1. The molecule has 0 unspecified atom stereocenters. The molecule has 0 aromatic carbocycles. The minimum absolute atomic E-state index is 0.304. The fraction of sp³-hybridized carbons (Fsp3) is 0.647. The van der Waals surface area contributed by atoms with E-state index in [9.17, 15) is 19.2 Å². The van der Waals surface area contributed by atoms with Gasteiger partial charge in [0.05, 0.1) is 11.9 Å². The predicted octanol–water partition coefficient (Wildman–Crippen LogP) is -0.158. The molecule has 0 N–H and O–H groups in total. The Balaban J connectivity index is 2.49. The normalized spacial score (nSPS) is 26.3. The zero-order chi connectivity index (χ0) is 21.7. The van der Waals surface area contributed by atoms with Crippen LogP contribution in [0.5, 0.6) is 0 Å². The third-order valence-electron chi connectivity index (χ3n) is 3.85. The van der Waals surface area contributed by atoms with Crippen molar-refractivity contribution >= 4 is 23.9 Å². The van der Waals surface area contributed by atoms with Crippen LogP contribution in [0.2, 0.25) is 0 Å². The highest BCUT2D eigenvalue weighted by Crippen LogP contribution is 2.34. The fourth-order valence-corrected chi connectivity index (χ4v) is 2.91. The van der Waals surface area contributed by atoms with Crippen LogP contribution in [0, 0.1) is 6.92 Å². The summed E-state index contributed by atoms with van der Waals surface area (Å²) in [6.07, 6.45) is -4.26. The maximum Gasteiger partial charge on any atom is 0.303 e. The summed E-state index contributed by atoms with van der Waals surface area (Å²) in [7, 11) is 0. The Morgan fingerprint density at radius 3 is 1.97 bits per heavy atom. The molecule has 1 aromatic rings. The van der Waals surface area contributed by atoms with Crippen LogP contribution in [0.25, 0.3) is 0 Å². The smallest absolute Gasteiger partial charge is 0.303 e. The molecule has 0 saturated carbocycles. The SMILES string of the molecule is CC(=O)OC[C@H]1O[C@@H](n2cc(C)nn2)[C@H](OC(C)=O)[C@@H](OC(C)=O)[C@@H]1OC(C)=O. The van der Waals surface area contributed by atoms with Gasteiger partial charge in [0.2, 0.25) is 0 Å². The van der Waals surface area contributed by atoms with Crippen LogP contribution >= 0.6 is 0 Å². The Morgan fingerprint density at radius 2 is 1.48 bits per heavy atom. The lowest BCUT2D eigenvalue weighted by molar-refractivity contribution is -0.270. The first kappa shape index (κ1) is 22.3. The van der Waals surface area contributed by atoms with Gasteiger partial charge in [-0.1, -0.05) is 5.21 Å². The Morgan fingerprint density at radius 1 is 0.931 bits per heavy atom. The van der Waals surface area contributed by atoms with Crippen LogP contribution in [0.4, 0.5) is 0 Å². The lowest BCUT2D eigenvalue weighted by Crippen LogP contribution is -2.60. The number of esters is 4. The Bertz CT molecular complexity index is 778. The molecule has 1 saturated heterocycles. The van der Waals surface area contributed by atoms with Crippen LogP contribution in [-0.4, -0.2) is 69.9 Å². The van der Waals surface area contributed by atoms with E-state index in [0.29, 0.717) is 5.69 Å². The molecule has 2 heterocycles. The fourth-order valence-electron chi connectivity index (χ4n) is 2.91. The van der Waals surface area contributed by atoms with Gasteiger partial charge in [0.1, 0.15) is 12.7 Å². The van der Waals surface area contributed by atoms with Crippen molar-refractivity contribution in [2.75, 3.05) is 6.61 Å². The molecule has 0 radical (unpaired) electrons. The number of hydrogen-bond donors (Lipinski definition) is 0. The summed E-state index contributed by atoms with van der Waals surface area (Å²) >= 11 is 0. The first-order chi connectivity index (χ1) is 13.6. The van der Waals surface area contributed by atoms with Gasteiger partial charge in [0.15, 0.2) is 24.5 Å². The van der Waals surface area contributed by atoms with E-state index in [0.717, 1.165) is 13.8 Å². The quantitative estimate of drug-likeness (QED) is 0.453. The third kappa shape index (κ3) is 5.98. The van der Waals surface area contributed by atoms with E-state index in [4.69, 9.17) is 23.7 Å².